The predicted molar refractivity (Wildman–Crippen MR) is 112 cm³/mol. The number of alkyl carbamates (subject to hydrolysis) is 1. The number of carbonyl (C=O) groups is 2. The van der Waals surface area contributed by atoms with Crippen molar-refractivity contribution < 1.29 is 23.5 Å². The summed E-state index contributed by atoms with van der Waals surface area (Å²) >= 11 is 12.1. The Labute approximate surface area is 181 Å². The Morgan fingerprint density at radius 1 is 1.17 bits per heavy atom. The monoisotopic (exact) mass is 449 g/mol. The van der Waals surface area contributed by atoms with Crippen LogP contribution in [0.25, 0.3) is 11.0 Å². The van der Waals surface area contributed by atoms with E-state index in [1.807, 2.05) is 18.2 Å². The molecule has 0 aliphatic rings. The second-order valence-electron chi connectivity index (χ2n) is 6.46. The number of halogens is 2. The Morgan fingerprint density at radius 2 is 1.87 bits per heavy atom. The van der Waals surface area contributed by atoms with Gasteiger partial charge in [-0.1, -0.05) is 53.5 Å². The highest BCUT2D eigenvalue weighted by molar-refractivity contribution is 6.34. The molecule has 30 heavy (non-hydrogen) atoms. The average molecular weight is 450 g/mol. The summed E-state index contributed by atoms with van der Waals surface area (Å²) in [5.74, 6) is -0.800. The van der Waals surface area contributed by atoms with Crippen LogP contribution in [0.4, 0.5) is 4.79 Å². The van der Waals surface area contributed by atoms with Crippen LogP contribution in [0.1, 0.15) is 18.1 Å². The lowest BCUT2D eigenvalue weighted by molar-refractivity contribution is -0.136. The standard InChI is InChI=1S/C21H17Cl2NO6/c1-11-14-8-15(22)17(9-16(14)29-20(26)18(11)23)30-19(25)12(2)24-21(27)28-10-13-6-4-3-5-7-13/h3-9,12H,10H2,1-2H3,(H,24,27)/t12-/m0/s1. The van der Waals surface area contributed by atoms with E-state index in [4.69, 9.17) is 37.1 Å². The van der Waals surface area contributed by atoms with Gasteiger partial charge < -0.3 is 19.2 Å². The lowest BCUT2D eigenvalue weighted by atomic mass is 10.1. The van der Waals surface area contributed by atoms with E-state index in [2.05, 4.69) is 5.32 Å². The molecule has 3 aromatic rings. The van der Waals surface area contributed by atoms with Gasteiger partial charge in [-0.05, 0) is 31.0 Å². The van der Waals surface area contributed by atoms with Crippen LogP contribution in [0.15, 0.2) is 51.7 Å². The van der Waals surface area contributed by atoms with Gasteiger partial charge in [0.05, 0.1) is 5.02 Å². The van der Waals surface area contributed by atoms with Crippen LogP contribution in [0, 0.1) is 6.92 Å². The number of esters is 1. The number of aryl methyl sites for hydroxylation is 1. The molecule has 0 bridgehead atoms. The van der Waals surface area contributed by atoms with E-state index in [0.29, 0.717) is 10.9 Å². The summed E-state index contributed by atoms with van der Waals surface area (Å²) in [6.45, 7) is 3.15. The first-order chi connectivity index (χ1) is 14.3. The molecular formula is C21H17Cl2NO6. The van der Waals surface area contributed by atoms with E-state index in [9.17, 15) is 14.4 Å². The molecule has 156 valence electrons. The highest BCUT2D eigenvalue weighted by Gasteiger charge is 2.21. The lowest BCUT2D eigenvalue weighted by Crippen LogP contribution is -2.41. The van der Waals surface area contributed by atoms with Crippen molar-refractivity contribution in [2.24, 2.45) is 0 Å². The minimum absolute atomic E-state index is 0.0228. The Hall–Kier alpha value is -3.03. The van der Waals surface area contributed by atoms with Crippen molar-refractivity contribution in [1.82, 2.24) is 5.32 Å². The summed E-state index contributed by atoms with van der Waals surface area (Å²) in [5.41, 5.74) is 0.760. The molecule has 3 rings (SSSR count). The van der Waals surface area contributed by atoms with E-state index in [0.717, 1.165) is 5.56 Å². The Kier molecular flexibility index (Phi) is 6.64. The number of hydrogen-bond donors (Lipinski definition) is 1. The van der Waals surface area contributed by atoms with Gasteiger partial charge in [-0.2, -0.15) is 0 Å². The Bertz CT molecular complexity index is 1160. The van der Waals surface area contributed by atoms with Crippen molar-refractivity contribution in [1.29, 1.82) is 0 Å². The Morgan fingerprint density at radius 3 is 2.57 bits per heavy atom. The molecule has 0 saturated heterocycles. The number of ether oxygens (including phenoxy) is 2. The number of nitrogens with one attached hydrogen (secondary N) is 1. The molecule has 0 radical (unpaired) electrons. The van der Waals surface area contributed by atoms with Gasteiger partial charge in [-0.15, -0.1) is 0 Å². The van der Waals surface area contributed by atoms with Crippen molar-refractivity contribution in [3.05, 3.63) is 74.1 Å². The van der Waals surface area contributed by atoms with Gasteiger partial charge in [0.15, 0.2) is 5.75 Å². The molecule has 0 aliphatic heterocycles. The maximum atomic E-state index is 12.3. The molecule has 1 atom stereocenters. The fourth-order valence-corrected chi connectivity index (χ4v) is 2.95. The summed E-state index contributed by atoms with van der Waals surface area (Å²) in [4.78, 5) is 36.0. The van der Waals surface area contributed by atoms with Gasteiger partial charge in [0, 0.05) is 11.5 Å². The fraction of sp³-hybridized carbons (Fsp3) is 0.190. The largest absolute Gasteiger partial charge is 0.445 e. The second kappa shape index (κ2) is 9.19. The minimum Gasteiger partial charge on any atom is -0.445 e. The molecule has 2 aromatic carbocycles. The van der Waals surface area contributed by atoms with Gasteiger partial charge in [0.1, 0.15) is 23.3 Å². The minimum atomic E-state index is -1.01. The molecular weight excluding hydrogens is 433 g/mol. The molecule has 9 heteroatoms. The number of rotatable bonds is 5. The van der Waals surface area contributed by atoms with E-state index in [1.165, 1.54) is 19.1 Å². The molecule has 1 heterocycles. The first-order valence-electron chi connectivity index (χ1n) is 8.87. The summed E-state index contributed by atoms with van der Waals surface area (Å²) in [6, 6.07) is 10.9. The molecule has 1 N–H and O–H groups in total. The van der Waals surface area contributed by atoms with Crippen LogP contribution < -0.4 is 15.7 Å². The quantitative estimate of drug-likeness (QED) is 0.346. The topological polar surface area (TPSA) is 94.8 Å². The molecule has 1 aromatic heterocycles. The van der Waals surface area contributed by atoms with Crippen LogP contribution in [0.2, 0.25) is 10.0 Å². The molecule has 1 amide bonds. The van der Waals surface area contributed by atoms with Gasteiger partial charge >= 0.3 is 17.7 Å². The average Bonchev–Trinajstić information content (AvgIpc) is 2.72. The number of amides is 1. The van der Waals surface area contributed by atoms with E-state index in [-0.39, 0.29) is 28.0 Å². The number of fused-ring (bicyclic) bond motifs is 1. The smallest absolute Gasteiger partial charge is 0.408 e. The van der Waals surface area contributed by atoms with Gasteiger partial charge in [0.25, 0.3) is 0 Å². The maximum absolute atomic E-state index is 12.3. The molecule has 0 fully saturated rings. The van der Waals surface area contributed by atoms with E-state index in [1.54, 1.807) is 19.1 Å². The van der Waals surface area contributed by atoms with Crippen molar-refractivity contribution in [3.8, 4) is 5.75 Å². The normalized spacial score (nSPS) is 11.7. The van der Waals surface area contributed by atoms with Crippen molar-refractivity contribution >= 4 is 46.2 Å². The number of benzene rings is 2. The third kappa shape index (κ3) is 4.93. The zero-order valence-corrected chi connectivity index (χ0v) is 17.5. The molecule has 7 nitrogen and oxygen atoms in total. The van der Waals surface area contributed by atoms with Crippen LogP contribution in [-0.2, 0) is 16.1 Å². The highest BCUT2D eigenvalue weighted by atomic mass is 35.5. The Balaban J connectivity index is 1.66. The summed E-state index contributed by atoms with van der Waals surface area (Å²) < 4.78 is 15.4. The van der Waals surface area contributed by atoms with E-state index >= 15 is 0 Å². The number of hydrogen-bond acceptors (Lipinski definition) is 6. The van der Waals surface area contributed by atoms with Gasteiger partial charge in [-0.25, -0.2) is 14.4 Å². The van der Waals surface area contributed by atoms with Crippen LogP contribution >= 0.6 is 23.2 Å². The van der Waals surface area contributed by atoms with Crippen molar-refractivity contribution in [2.45, 2.75) is 26.5 Å². The van der Waals surface area contributed by atoms with Crippen LogP contribution in [0.3, 0.4) is 0 Å². The fourth-order valence-electron chi connectivity index (χ4n) is 2.60. The summed E-state index contributed by atoms with van der Waals surface area (Å²) in [5, 5.41) is 2.96. The molecule has 0 spiro atoms. The second-order valence-corrected chi connectivity index (χ2v) is 7.24. The first-order valence-corrected chi connectivity index (χ1v) is 9.63. The lowest BCUT2D eigenvalue weighted by Gasteiger charge is -2.14. The zero-order valence-electron chi connectivity index (χ0n) is 16.0. The predicted octanol–water partition coefficient (Wildman–Crippen LogP) is 4.63. The molecule has 0 saturated carbocycles. The van der Waals surface area contributed by atoms with Gasteiger partial charge in [-0.3, -0.25) is 0 Å². The van der Waals surface area contributed by atoms with Crippen molar-refractivity contribution in [2.75, 3.05) is 0 Å². The maximum Gasteiger partial charge on any atom is 0.408 e. The van der Waals surface area contributed by atoms with Crippen molar-refractivity contribution in [3.63, 3.8) is 0 Å². The first kappa shape index (κ1) is 21.7. The highest BCUT2D eigenvalue weighted by Crippen LogP contribution is 2.33. The summed E-state index contributed by atoms with van der Waals surface area (Å²) in [7, 11) is 0. The van der Waals surface area contributed by atoms with E-state index < -0.39 is 23.7 Å². The van der Waals surface area contributed by atoms with Crippen LogP contribution in [-0.4, -0.2) is 18.1 Å². The number of carbonyl (C=O) groups excluding carboxylic acids is 2. The van der Waals surface area contributed by atoms with Gasteiger partial charge in [0.2, 0.25) is 0 Å². The summed E-state index contributed by atoms with van der Waals surface area (Å²) in [6.07, 6.45) is -0.774. The SMILES string of the molecule is Cc1c(Cl)c(=O)oc2cc(OC(=O)[C@H](C)NC(=O)OCc3ccccc3)c(Cl)cc12. The zero-order chi connectivity index (χ0) is 21.8. The molecule has 0 unspecified atom stereocenters. The third-order valence-corrected chi connectivity index (χ3v) is 4.99. The third-order valence-electron chi connectivity index (χ3n) is 4.26. The molecule has 0 aliphatic carbocycles. The van der Waals surface area contributed by atoms with Crippen LogP contribution in [0.5, 0.6) is 5.75 Å².